The topological polar surface area (TPSA) is 65.2 Å². The Hall–Kier alpha value is -1.10. The Labute approximate surface area is 74.4 Å². The lowest BCUT2D eigenvalue weighted by molar-refractivity contribution is -0.129. The second kappa shape index (κ2) is 4.06. The summed E-state index contributed by atoms with van der Waals surface area (Å²) in [5.74, 6) is 0.0708. The Morgan fingerprint density at radius 3 is 3.17 bits per heavy atom. The van der Waals surface area contributed by atoms with Crippen molar-refractivity contribution in [3.05, 3.63) is 11.2 Å². The van der Waals surface area contributed by atoms with Crippen LogP contribution in [0, 0.1) is 0 Å². The number of carbonyl (C=O) groups is 1. The first-order chi connectivity index (χ1) is 5.75. The number of nitrogen functional groups attached to an aromatic ring is 1. The maximum Gasteiger partial charge on any atom is 0.293 e. The molecule has 1 unspecified atom stereocenters. The van der Waals surface area contributed by atoms with Gasteiger partial charge in [-0.15, -0.1) is 11.3 Å². The summed E-state index contributed by atoms with van der Waals surface area (Å²) in [6.45, 7) is 2.67. The number of hydrogen-bond acceptors (Lipinski definition) is 5. The SMILES string of the molecule is CC(COC=O)c1ncsc1N. The lowest BCUT2D eigenvalue weighted by Gasteiger charge is -2.06. The van der Waals surface area contributed by atoms with Crippen LogP contribution in [0.1, 0.15) is 18.5 Å². The van der Waals surface area contributed by atoms with Crippen molar-refractivity contribution in [2.24, 2.45) is 0 Å². The van der Waals surface area contributed by atoms with E-state index in [9.17, 15) is 4.79 Å². The van der Waals surface area contributed by atoms with Crippen molar-refractivity contribution in [2.45, 2.75) is 12.8 Å². The highest BCUT2D eigenvalue weighted by molar-refractivity contribution is 7.13. The molecule has 0 saturated carbocycles. The molecular weight excluding hydrogens is 176 g/mol. The minimum atomic E-state index is 0.0708. The molecule has 1 aromatic rings. The highest BCUT2D eigenvalue weighted by atomic mass is 32.1. The van der Waals surface area contributed by atoms with Gasteiger partial charge in [0.15, 0.2) is 0 Å². The number of nitrogens with two attached hydrogens (primary N) is 1. The standard InChI is InChI=1S/C7H10N2O2S/c1-5(2-11-4-10)6-7(8)12-3-9-6/h3-5H,2,8H2,1H3. The molecule has 0 saturated heterocycles. The van der Waals surface area contributed by atoms with Gasteiger partial charge < -0.3 is 10.5 Å². The monoisotopic (exact) mass is 186 g/mol. The first-order valence-electron chi connectivity index (χ1n) is 3.49. The van der Waals surface area contributed by atoms with Gasteiger partial charge in [0.1, 0.15) is 5.00 Å². The second-order valence-corrected chi connectivity index (χ2v) is 3.32. The third-order valence-electron chi connectivity index (χ3n) is 1.50. The van der Waals surface area contributed by atoms with Gasteiger partial charge in [-0.05, 0) is 0 Å². The van der Waals surface area contributed by atoms with E-state index >= 15 is 0 Å². The molecule has 0 amide bonds. The van der Waals surface area contributed by atoms with Crippen LogP contribution in [0.3, 0.4) is 0 Å². The van der Waals surface area contributed by atoms with E-state index in [4.69, 9.17) is 5.73 Å². The van der Waals surface area contributed by atoms with E-state index in [-0.39, 0.29) is 5.92 Å². The van der Waals surface area contributed by atoms with Crippen LogP contribution in [0.15, 0.2) is 5.51 Å². The van der Waals surface area contributed by atoms with Crippen LogP contribution in [0.4, 0.5) is 5.00 Å². The van der Waals surface area contributed by atoms with Gasteiger partial charge in [0.05, 0.1) is 17.8 Å². The molecule has 0 aromatic carbocycles. The number of thiazole rings is 1. The first kappa shape index (κ1) is 8.99. The van der Waals surface area contributed by atoms with Gasteiger partial charge in [-0.3, -0.25) is 4.79 Å². The van der Waals surface area contributed by atoms with Crippen LogP contribution < -0.4 is 5.73 Å². The Balaban J connectivity index is 2.58. The second-order valence-electron chi connectivity index (χ2n) is 2.43. The van der Waals surface area contributed by atoms with Crippen molar-refractivity contribution in [1.29, 1.82) is 0 Å². The molecule has 0 fully saturated rings. The number of rotatable bonds is 4. The van der Waals surface area contributed by atoms with Crippen LogP contribution in [-0.4, -0.2) is 18.1 Å². The van der Waals surface area contributed by atoms with Crippen LogP contribution >= 0.6 is 11.3 Å². The third kappa shape index (κ3) is 1.94. The zero-order valence-corrected chi connectivity index (χ0v) is 7.50. The fourth-order valence-electron chi connectivity index (χ4n) is 0.897. The minimum absolute atomic E-state index is 0.0708. The minimum Gasteiger partial charge on any atom is -0.467 e. The zero-order valence-electron chi connectivity index (χ0n) is 6.69. The Morgan fingerprint density at radius 1 is 1.92 bits per heavy atom. The molecule has 2 N–H and O–H groups in total. The average molecular weight is 186 g/mol. The van der Waals surface area contributed by atoms with Gasteiger partial charge in [0.25, 0.3) is 6.47 Å². The van der Waals surface area contributed by atoms with E-state index in [2.05, 4.69) is 9.72 Å². The van der Waals surface area contributed by atoms with Gasteiger partial charge in [-0.25, -0.2) is 4.98 Å². The maximum atomic E-state index is 9.89. The predicted octanol–water partition coefficient (Wildman–Crippen LogP) is 1.00. The van der Waals surface area contributed by atoms with Gasteiger partial charge in [0.2, 0.25) is 0 Å². The number of anilines is 1. The van der Waals surface area contributed by atoms with E-state index in [1.165, 1.54) is 11.3 Å². The molecule has 1 heterocycles. The van der Waals surface area contributed by atoms with Gasteiger partial charge >= 0.3 is 0 Å². The molecule has 1 aromatic heterocycles. The van der Waals surface area contributed by atoms with E-state index in [1.54, 1.807) is 5.51 Å². The third-order valence-corrected chi connectivity index (χ3v) is 2.18. The summed E-state index contributed by atoms with van der Waals surface area (Å²) in [5.41, 5.74) is 8.12. The first-order valence-corrected chi connectivity index (χ1v) is 4.37. The number of ether oxygens (including phenoxy) is 1. The molecule has 1 rings (SSSR count). The molecule has 0 bridgehead atoms. The number of hydrogen-bond donors (Lipinski definition) is 1. The summed E-state index contributed by atoms with van der Waals surface area (Å²) >= 11 is 1.39. The van der Waals surface area contributed by atoms with Crippen molar-refractivity contribution in [1.82, 2.24) is 4.98 Å². The van der Waals surface area contributed by atoms with Crippen molar-refractivity contribution in [3.8, 4) is 0 Å². The van der Waals surface area contributed by atoms with Crippen molar-refractivity contribution in [2.75, 3.05) is 12.3 Å². The molecule has 0 aliphatic rings. The van der Waals surface area contributed by atoms with E-state index < -0.39 is 0 Å². The molecule has 0 aliphatic heterocycles. The summed E-state index contributed by atoms with van der Waals surface area (Å²) in [6.07, 6.45) is 0. The van der Waals surface area contributed by atoms with E-state index in [0.29, 0.717) is 18.1 Å². The van der Waals surface area contributed by atoms with Crippen molar-refractivity contribution >= 4 is 22.8 Å². The quantitative estimate of drug-likeness (QED) is 0.712. The van der Waals surface area contributed by atoms with Crippen LogP contribution in [0.25, 0.3) is 0 Å². The van der Waals surface area contributed by atoms with Crippen LogP contribution in [0.5, 0.6) is 0 Å². The number of aromatic nitrogens is 1. The fourth-order valence-corrected chi connectivity index (χ4v) is 1.55. The molecule has 4 nitrogen and oxygen atoms in total. The van der Waals surface area contributed by atoms with Crippen molar-refractivity contribution in [3.63, 3.8) is 0 Å². The summed E-state index contributed by atoms with van der Waals surface area (Å²) in [4.78, 5) is 14.0. The number of nitrogens with zero attached hydrogens (tertiary/aromatic N) is 1. The summed E-state index contributed by atoms with van der Waals surface area (Å²) < 4.78 is 4.60. The molecule has 66 valence electrons. The van der Waals surface area contributed by atoms with Gasteiger partial charge in [-0.1, -0.05) is 6.92 Å². The molecule has 0 aliphatic carbocycles. The average Bonchev–Trinajstić information content (AvgIpc) is 2.47. The lowest BCUT2D eigenvalue weighted by atomic mass is 10.1. The molecule has 12 heavy (non-hydrogen) atoms. The maximum absolute atomic E-state index is 9.89. The zero-order chi connectivity index (χ0) is 8.97. The van der Waals surface area contributed by atoms with Crippen LogP contribution in [-0.2, 0) is 9.53 Å². The smallest absolute Gasteiger partial charge is 0.293 e. The number of carbonyl (C=O) groups excluding carboxylic acids is 1. The van der Waals surface area contributed by atoms with Crippen LogP contribution in [0.2, 0.25) is 0 Å². The Morgan fingerprint density at radius 2 is 2.67 bits per heavy atom. The molecule has 5 heteroatoms. The Kier molecular flexibility index (Phi) is 3.04. The highest BCUT2D eigenvalue weighted by Gasteiger charge is 2.11. The largest absolute Gasteiger partial charge is 0.467 e. The fraction of sp³-hybridized carbons (Fsp3) is 0.429. The molecule has 0 spiro atoms. The predicted molar refractivity (Wildman–Crippen MR) is 47.0 cm³/mol. The molecular formula is C7H10N2O2S. The molecule has 0 radical (unpaired) electrons. The van der Waals surface area contributed by atoms with E-state index in [0.717, 1.165) is 5.69 Å². The summed E-state index contributed by atoms with van der Waals surface area (Å²) in [6, 6.07) is 0. The van der Waals surface area contributed by atoms with E-state index in [1.807, 2.05) is 6.92 Å². The normalized spacial score (nSPS) is 12.4. The summed E-state index contributed by atoms with van der Waals surface area (Å²) in [7, 11) is 0. The summed E-state index contributed by atoms with van der Waals surface area (Å²) in [5, 5.41) is 0.692. The highest BCUT2D eigenvalue weighted by Crippen LogP contribution is 2.23. The molecule has 1 atom stereocenters. The van der Waals surface area contributed by atoms with Gasteiger partial charge in [0, 0.05) is 5.92 Å². The Bertz CT molecular complexity index is 262. The van der Waals surface area contributed by atoms with Crippen molar-refractivity contribution < 1.29 is 9.53 Å². The lowest BCUT2D eigenvalue weighted by Crippen LogP contribution is -2.05. The van der Waals surface area contributed by atoms with Gasteiger partial charge in [-0.2, -0.15) is 0 Å².